The van der Waals surface area contributed by atoms with E-state index >= 15 is 0 Å². The van der Waals surface area contributed by atoms with Crippen LogP contribution in [0, 0.1) is 18.3 Å². The van der Waals surface area contributed by atoms with Crippen molar-refractivity contribution >= 4 is 11.9 Å². The number of aromatic nitrogens is 2. The average Bonchev–Trinajstić information content (AvgIpc) is 3.75. The second kappa shape index (κ2) is 11.3. The zero-order chi connectivity index (χ0) is 28.3. The number of amides is 1. The summed E-state index contributed by atoms with van der Waals surface area (Å²) in [7, 11) is 0. The number of hydrogen-bond donors (Lipinski definition) is 1. The molecule has 0 spiro atoms. The minimum atomic E-state index is -0.516. The van der Waals surface area contributed by atoms with Crippen LogP contribution in [0.5, 0.6) is 0 Å². The molecule has 0 radical (unpaired) electrons. The molecule has 1 aromatic heterocycles. The van der Waals surface area contributed by atoms with Crippen LogP contribution in [0.4, 0.5) is 10.6 Å². The molecule has 8 heteroatoms. The molecule has 1 amide bonds. The Morgan fingerprint density at radius 2 is 1.82 bits per heavy atom. The van der Waals surface area contributed by atoms with E-state index < -0.39 is 11.7 Å². The Morgan fingerprint density at radius 3 is 2.48 bits per heavy atom. The average molecular weight is 540 g/mol. The van der Waals surface area contributed by atoms with E-state index in [1.807, 2.05) is 39.8 Å². The van der Waals surface area contributed by atoms with Gasteiger partial charge in [-0.3, -0.25) is 0 Å². The molecular weight excluding hydrogens is 502 g/mol. The van der Waals surface area contributed by atoms with Crippen molar-refractivity contribution in [1.82, 2.24) is 15.3 Å². The fourth-order valence-corrected chi connectivity index (χ4v) is 5.28. The van der Waals surface area contributed by atoms with Gasteiger partial charge in [0.15, 0.2) is 0 Å². The molecule has 2 aliphatic rings. The lowest BCUT2D eigenvalue weighted by Crippen LogP contribution is -2.37. The van der Waals surface area contributed by atoms with E-state index in [9.17, 15) is 10.1 Å². The van der Waals surface area contributed by atoms with E-state index in [1.54, 1.807) is 0 Å². The van der Waals surface area contributed by atoms with E-state index in [2.05, 4.69) is 52.7 Å². The first kappa shape index (κ1) is 27.6. The second-order valence-corrected chi connectivity index (χ2v) is 11.6. The molecule has 1 aliphatic heterocycles. The first-order valence-electron chi connectivity index (χ1n) is 14.0. The van der Waals surface area contributed by atoms with Crippen molar-refractivity contribution in [2.45, 2.75) is 58.0 Å². The van der Waals surface area contributed by atoms with Crippen molar-refractivity contribution in [2.24, 2.45) is 0 Å². The lowest BCUT2D eigenvalue weighted by atomic mass is 9.84. The smallest absolute Gasteiger partial charge is 0.407 e. The third-order valence-corrected chi connectivity index (χ3v) is 7.41. The van der Waals surface area contributed by atoms with E-state index in [-0.39, 0.29) is 5.41 Å². The summed E-state index contributed by atoms with van der Waals surface area (Å²) in [5.41, 5.74) is 5.37. The molecule has 2 aromatic carbocycles. The number of anilines is 1. The van der Waals surface area contributed by atoms with Crippen LogP contribution >= 0.6 is 0 Å². The van der Waals surface area contributed by atoms with Gasteiger partial charge in [0.1, 0.15) is 17.2 Å². The molecule has 1 saturated heterocycles. The number of alkyl carbamates (subject to hydrolysis) is 1. The van der Waals surface area contributed by atoms with E-state index in [1.165, 1.54) is 0 Å². The maximum absolute atomic E-state index is 12.0. The zero-order valence-corrected chi connectivity index (χ0v) is 23.8. The lowest BCUT2D eigenvalue weighted by Gasteiger charge is -2.29. The van der Waals surface area contributed by atoms with Gasteiger partial charge in [-0.05, 0) is 81.3 Å². The highest BCUT2D eigenvalue weighted by atomic mass is 16.6. The van der Waals surface area contributed by atoms with Crippen LogP contribution in [0.15, 0.2) is 48.5 Å². The summed E-state index contributed by atoms with van der Waals surface area (Å²) >= 11 is 0. The quantitative estimate of drug-likeness (QED) is 0.434. The highest BCUT2D eigenvalue weighted by Gasteiger charge is 2.49. The molecular formula is C32H37N5O3. The lowest BCUT2D eigenvalue weighted by molar-refractivity contribution is 0.0528. The van der Waals surface area contributed by atoms with Crippen LogP contribution in [0.3, 0.4) is 0 Å². The SMILES string of the molecule is Cc1nc(N2CCOCC2)cc(C2(c3cc(C#N)ccc3-c3ccc(CCNC(=O)OC(C)(C)C)cc3)CC2)n1. The summed E-state index contributed by atoms with van der Waals surface area (Å²) in [6, 6.07) is 18.9. The minimum absolute atomic E-state index is 0.243. The highest BCUT2D eigenvalue weighted by molar-refractivity contribution is 5.73. The van der Waals surface area contributed by atoms with Crippen molar-refractivity contribution in [3.8, 4) is 17.2 Å². The Kier molecular flexibility index (Phi) is 7.77. The molecule has 0 bridgehead atoms. The number of nitriles is 1. The molecule has 8 nitrogen and oxygen atoms in total. The first-order valence-corrected chi connectivity index (χ1v) is 14.0. The summed E-state index contributed by atoms with van der Waals surface area (Å²) in [5, 5.41) is 12.5. The zero-order valence-electron chi connectivity index (χ0n) is 23.8. The number of rotatable bonds is 7. The van der Waals surface area contributed by atoms with Crippen molar-refractivity contribution in [1.29, 1.82) is 5.26 Å². The minimum Gasteiger partial charge on any atom is -0.444 e. The fourth-order valence-electron chi connectivity index (χ4n) is 5.28. The summed E-state index contributed by atoms with van der Waals surface area (Å²) < 4.78 is 10.9. The topological polar surface area (TPSA) is 100 Å². The number of carbonyl (C=O) groups is 1. The van der Waals surface area contributed by atoms with Crippen molar-refractivity contribution in [3.63, 3.8) is 0 Å². The molecule has 2 heterocycles. The number of morpholine rings is 1. The van der Waals surface area contributed by atoms with Gasteiger partial charge < -0.3 is 19.7 Å². The van der Waals surface area contributed by atoms with E-state index in [0.29, 0.717) is 31.7 Å². The molecule has 5 rings (SSSR count). The Labute approximate surface area is 236 Å². The Hall–Kier alpha value is -3.96. The third kappa shape index (κ3) is 6.26. The normalized spacial score (nSPS) is 16.2. The predicted molar refractivity (Wildman–Crippen MR) is 154 cm³/mol. The number of ether oxygens (including phenoxy) is 2. The number of nitrogens with zero attached hydrogens (tertiary/aromatic N) is 4. The molecule has 1 saturated carbocycles. The van der Waals surface area contributed by atoms with Gasteiger partial charge in [-0.15, -0.1) is 0 Å². The van der Waals surface area contributed by atoms with Gasteiger partial charge >= 0.3 is 6.09 Å². The molecule has 1 N–H and O–H groups in total. The second-order valence-electron chi connectivity index (χ2n) is 11.6. The summed E-state index contributed by atoms with van der Waals surface area (Å²) in [6.07, 6.45) is 2.25. The Morgan fingerprint density at radius 1 is 1.10 bits per heavy atom. The largest absolute Gasteiger partial charge is 0.444 e. The molecule has 40 heavy (non-hydrogen) atoms. The maximum Gasteiger partial charge on any atom is 0.407 e. The van der Waals surface area contributed by atoms with Gasteiger partial charge in [-0.1, -0.05) is 30.3 Å². The highest BCUT2D eigenvalue weighted by Crippen LogP contribution is 2.55. The number of hydrogen-bond acceptors (Lipinski definition) is 7. The van der Waals surface area contributed by atoms with E-state index in [0.717, 1.165) is 65.5 Å². The number of carbonyl (C=O) groups excluding carboxylic acids is 1. The van der Waals surface area contributed by atoms with Gasteiger partial charge in [0.05, 0.1) is 30.5 Å². The van der Waals surface area contributed by atoms with Crippen molar-refractivity contribution in [3.05, 3.63) is 76.7 Å². The van der Waals surface area contributed by atoms with E-state index in [4.69, 9.17) is 19.4 Å². The van der Waals surface area contributed by atoms with Gasteiger partial charge in [0, 0.05) is 31.1 Å². The molecule has 1 aliphatic carbocycles. The van der Waals surface area contributed by atoms with Crippen LogP contribution < -0.4 is 10.2 Å². The monoisotopic (exact) mass is 539 g/mol. The first-order chi connectivity index (χ1) is 19.2. The molecule has 3 aromatic rings. The predicted octanol–water partition coefficient (Wildman–Crippen LogP) is 5.31. The van der Waals surface area contributed by atoms with Crippen LogP contribution in [0.2, 0.25) is 0 Å². The summed E-state index contributed by atoms with van der Waals surface area (Å²) in [4.78, 5) is 23.9. The van der Waals surface area contributed by atoms with Crippen LogP contribution in [0.25, 0.3) is 11.1 Å². The number of aryl methyl sites for hydroxylation is 1. The molecule has 208 valence electrons. The van der Waals surface area contributed by atoms with Gasteiger partial charge in [-0.25, -0.2) is 14.8 Å². The Balaban J connectivity index is 1.40. The molecule has 0 atom stereocenters. The maximum atomic E-state index is 12.0. The number of benzene rings is 2. The molecule has 2 fully saturated rings. The van der Waals surface area contributed by atoms with Crippen LogP contribution in [-0.4, -0.2) is 54.5 Å². The fraction of sp³-hybridized carbons (Fsp3) is 0.438. The standard InChI is InChI=1S/C32H37N5O3/c1-22-35-28(20-29(36-22)37-15-17-39-18-16-37)32(12-13-32)27-19-24(21-33)7-10-26(27)25-8-5-23(6-9-25)11-14-34-30(38)40-31(2,3)4/h5-10,19-20H,11-18H2,1-4H3,(H,34,38). The van der Waals surface area contributed by atoms with Gasteiger partial charge in [0.25, 0.3) is 0 Å². The Bertz CT molecular complexity index is 1410. The summed E-state index contributed by atoms with van der Waals surface area (Å²) in [5.74, 6) is 1.70. The van der Waals surface area contributed by atoms with Crippen LogP contribution in [0.1, 0.15) is 61.8 Å². The van der Waals surface area contributed by atoms with Crippen molar-refractivity contribution in [2.75, 3.05) is 37.7 Å². The molecule has 0 unspecified atom stereocenters. The summed E-state index contributed by atoms with van der Waals surface area (Å²) in [6.45, 7) is 11.0. The van der Waals surface area contributed by atoms with Crippen molar-refractivity contribution < 1.29 is 14.3 Å². The number of nitrogens with one attached hydrogen (secondary N) is 1. The van der Waals surface area contributed by atoms with Crippen LogP contribution in [-0.2, 0) is 21.3 Å². The van der Waals surface area contributed by atoms with Gasteiger partial charge in [0.2, 0.25) is 0 Å². The van der Waals surface area contributed by atoms with Gasteiger partial charge in [-0.2, -0.15) is 5.26 Å². The third-order valence-electron chi connectivity index (χ3n) is 7.41.